The van der Waals surface area contributed by atoms with Gasteiger partial charge in [-0.1, -0.05) is 44.2 Å². The smallest absolute Gasteiger partial charge is 0.408 e. The number of carbonyl (C=O) groups is 2. The van der Waals surface area contributed by atoms with E-state index in [1.54, 1.807) is 20.8 Å². The molecule has 0 aliphatic heterocycles. The highest BCUT2D eigenvalue weighted by Crippen LogP contribution is 2.11. The van der Waals surface area contributed by atoms with Crippen LogP contribution in [-0.4, -0.2) is 23.7 Å². The van der Waals surface area contributed by atoms with Gasteiger partial charge in [-0.15, -0.1) is 0 Å². The highest BCUT2D eigenvalue weighted by molar-refractivity contribution is 5.81. The Bertz CT molecular complexity index is 506. The highest BCUT2D eigenvalue weighted by atomic mass is 16.6. The van der Waals surface area contributed by atoms with Gasteiger partial charge in [-0.2, -0.15) is 0 Å². The van der Waals surface area contributed by atoms with Crippen molar-refractivity contribution in [3.63, 3.8) is 0 Å². The van der Waals surface area contributed by atoms with Gasteiger partial charge >= 0.3 is 12.1 Å². The fourth-order valence-corrected chi connectivity index (χ4v) is 1.96. The Hall–Kier alpha value is -2.04. The van der Waals surface area contributed by atoms with Gasteiger partial charge < -0.3 is 14.8 Å². The van der Waals surface area contributed by atoms with E-state index in [9.17, 15) is 9.59 Å². The van der Waals surface area contributed by atoms with Crippen molar-refractivity contribution in [1.29, 1.82) is 0 Å². The first kappa shape index (κ1) is 19.0. The first-order valence-electron chi connectivity index (χ1n) is 7.87. The highest BCUT2D eigenvalue weighted by Gasteiger charge is 2.26. The fraction of sp³-hybridized carbons (Fsp3) is 0.556. The molecule has 0 bridgehead atoms. The number of nitrogens with one attached hydrogen (secondary N) is 1. The molecule has 0 saturated carbocycles. The molecule has 0 aliphatic carbocycles. The first-order chi connectivity index (χ1) is 10.7. The predicted molar refractivity (Wildman–Crippen MR) is 88.9 cm³/mol. The number of rotatable bonds is 6. The van der Waals surface area contributed by atoms with Crippen LogP contribution in [0, 0.1) is 5.92 Å². The zero-order valence-electron chi connectivity index (χ0n) is 14.6. The van der Waals surface area contributed by atoms with Crippen LogP contribution in [-0.2, 0) is 20.9 Å². The van der Waals surface area contributed by atoms with Gasteiger partial charge in [0.05, 0.1) is 0 Å². The normalized spacial score (nSPS) is 12.6. The maximum Gasteiger partial charge on any atom is 0.408 e. The lowest BCUT2D eigenvalue weighted by Crippen LogP contribution is -2.44. The number of alkyl carbamates (subject to hydrolysis) is 1. The molecule has 1 amide bonds. The molecule has 0 spiro atoms. The van der Waals surface area contributed by atoms with Gasteiger partial charge in [-0.25, -0.2) is 9.59 Å². The van der Waals surface area contributed by atoms with Gasteiger partial charge in [0.25, 0.3) is 0 Å². The van der Waals surface area contributed by atoms with Crippen LogP contribution in [0.5, 0.6) is 0 Å². The number of benzene rings is 1. The van der Waals surface area contributed by atoms with Crippen molar-refractivity contribution in [2.45, 2.75) is 59.3 Å². The zero-order chi connectivity index (χ0) is 17.5. The first-order valence-corrected chi connectivity index (χ1v) is 7.87. The summed E-state index contributed by atoms with van der Waals surface area (Å²) in [4.78, 5) is 24.1. The molecule has 1 aromatic carbocycles. The van der Waals surface area contributed by atoms with E-state index in [1.807, 2.05) is 44.2 Å². The molecule has 0 radical (unpaired) electrons. The van der Waals surface area contributed by atoms with Crippen molar-refractivity contribution < 1.29 is 19.1 Å². The molecule has 5 nitrogen and oxygen atoms in total. The van der Waals surface area contributed by atoms with Crippen LogP contribution in [0.2, 0.25) is 0 Å². The van der Waals surface area contributed by atoms with E-state index in [0.29, 0.717) is 6.42 Å². The number of hydrogen-bond acceptors (Lipinski definition) is 4. The summed E-state index contributed by atoms with van der Waals surface area (Å²) in [5, 5.41) is 2.61. The minimum atomic E-state index is -0.714. The maximum absolute atomic E-state index is 12.3. The van der Waals surface area contributed by atoms with Gasteiger partial charge in [-0.05, 0) is 38.7 Å². The second-order valence-electron chi connectivity index (χ2n) is 6.92. The third-order valence-electron chi connectivity index (χ3n) is 2.91. The Morgan fingerprint density at radius 1 is 1.13 bits per heavy atom. The number of amides is 1. The summed E-state index contributed by atoms with van der Waals surface area (Å²) in [5.41, 5.74) is 0.293. The molecule has 0 fully saturated rings. The second kappa shape index (κ2) is 8.56. The summed E-state index contributed by atoms with van der Waals surface area (Å²) < 4.78 is 10.5. The van der Waals surface area contributed by atoms with Crippen LogP contribution in [0.3, 0.4) is 0 Å². The Morgan fingerprint density at radius 2 is 1.74 bits per heavy atom. The molecule has 1 aromatic rings. The van der Waals surface area contributed by atoms with Crippen LogP contribution < -0.4 is 5.32 Å². The Kier molecular flexibility index (Phi) is 7.07. The molecule has 23 heavy (non-hydrogen) atoms. The average molecular weight is 322 g/mol. The SMILES string of the molecule is CC(C)C[C@@H]([15NH]C(=O)OC(C)(C)C)C(=O)OCc1ccccc1. The van der Waals surface area contributed by atoms with E-state index in [-0.39, 0.29) is 12.5 Å². The number of carbonyl (C=O) groups excluding carboxylic acids is 2. The summed E-state index contributed by atoms with van der Waals surface area (Å²) in [6.07, 6.45) is -0.118. The van der Waals surface area contributed by atoms with E-state index in [0.717, 1.165) is 5.56 Å². The van der Waals surface area contributed by atoms with Crippen molar-refractivity contribution in [2.24, 2.45) is 5.92 Å². The molecule has 0 saturated heterocycles. The Balaban J connectivity index is 2.61. The molecule has 0 aliphatic rings. The predicted octanol–water partition coefficient (Wildman–Crippen LogP) is 3.67. The van der Waals surface area contributed by atoms with E-state index in [4.69, 9.17) is 9.47 Å². The van der Waals surface area contributed by atoms with Gasteiger partial charge in [0.1, 0.15) is 18.2 Å². The molecule has 5 heteroatoms. The Morgan fingerprint density at radius 3 is 2.26 bits per heavy atom. The summed E-state index contributed by atoms with van der Waals surface area (Å²) >= 11 is 0. The van der Waals surface area contributed by atoms with E-state index < -0.39 is 23.7 Å². The molecule has 1 rings (SSSR count). The summed E-state index contributed by atoms with van der Waals surface area (Å²) in [6, 6.07) is 8.71. The minimum Gasteiger partial charge on any atom is -0.459 e. The zero-order valence-corrected chi connectivity index (χ0v) is 14.6. The molecule has 128 valence electrons. The van der Waals surface area contributed by atoms with Gasteiger partial charge in [0, 0.05) is 0 Å². The van der Waals surface area contributed by atoms with Crippen LogP contribution in [0.1, 0.15) is 46.6 Å². The van der Waals surface area contributed by atoms with Gasteiger partial charge in [-0.3, -0.25) is 0 Å². The van der Waals surface area contributed by atoms with Crippen LogP contribution >= 0.6 is 0 Å². The third-order valence-corrected chi connectivity index (χ3v) is 2.91. The van der Waals surface area contributed by atoms with Crippen LogP contribution in [0.4, 0.5) is 4.79 Å². The molecule has 0 aromatic heterocycles. The lowest BCUT2D eigenvalue weighted by molar-refractivity contribution is -0.148. The lowest BCUT2D eigenvalue weighted by Gasteiger charge is -2.23. The average Bonchev–Trinajstić information content (AvgIpc) is 2.42. The van der Waals surface area contributed by atoms with Crippen molar-refractivity contribution >= 4 is 12.1 Å². The van der Waals surface area contributed by atoms with Crippen LogP contribution in [0.25, 0.3) is 0 Å². The standard InChI is InChI=1S/C18H27NO4/c1-13(2)11-15(19-17(21)23-18(3,4)5)16(20)22-12-14-9-7-6-8-10-14/h6-10,13,15H,11-12H2,1-5H3,(H,19,21)/t15-/m1/s1/i19+1. The third kappa shape index (κ3) is 8.24. The molecule has 0 heterocycles. The Labute approximate surface area is 138 Å². The van der Waals surface area contributed by atoms with Crippen LogP contribution in [0.15, 0.2) is 30.3 Å². The molecule has 1 N–H and O–H groups in total. The van der Waals surface area contributed by atoms with Gasteiger partial charge in [0.15, 0.2) is 0 Å². The topological polar surface area (TPSA) is 64.6 Å². The maximum atomic E-state index is 12.3. The van der Waals surface area contributed by atoms with Crippen molar-refractivity contribution in [3.05, 3.63) is 35.9 Å². The molecule has 0 unspecified atom stereocenters. The van der Waals surface area contributed by atoms with Crippen molar-refractivity contribution in [2.75, 3.05) is 0 Å². The molecular weight excluding hydrogens is 295 g/mol. The van der Waals surface area contributed by atoms with E-state index in [1.165, 1.54) is 0 Å². The lowest BCUT2D eigenvalue weighted by atomic mass is 10.1. The van der Waals surface area contributed by atoms with Crippen molar-refractivity contribution in [1.82, 2.24) is 5.32 Å². The summed E-state index contributed by atoms with van der Waals surface area (Å²) in [6.45, 7) is 9.47. The largest absolute Gasteiger partial charge is 0.459 e. The number of ether oxygens (including phenoxy) is 2. The summed E-state index contributed by atoms with van der Waals surface area (Å²) in [7, 11) is 0. The summed E-state index contributed by atoms with van der Waals surface area (Å²) in [5.74, 6) is -0.215. The van der Waals surface area contributed by atoms with E-state index in [2.05, 4.69) is 5.32 Å². The molecular formula is C18H27NO4. The van der Waals surface area contributed by atoms with Gasteiger partial charge in [0.2, 0.25) is 0 Å². The number of esters is 1. The minimum absolute atomic E-state index is 0.185. The number of hydrogen-bond donors (Lipinski definition) is 1. The molecule has 1 atom stereocenters. The van der Waals surface area contributed by atoms with Crippen molar-refractivity contribution in [3.8, 4) is 0 Å². The van der Waals surface area contributed by atoms with E-state index >= 15 is 0 Å². The second-order valence-corrected chi connectivity index (χ2v) is 6.92. The fourth-order valence-electron chi connectivity index (χ4n) is 1.96. The quantitative estimate of drug-likeness (QED) is 0.641. The monoisotopic (exact) mass is 322 g/mol.